The number of fused-ring (bicyclic) bond motifs is 1. The Morgan fingerprint density at radius 2 is 2.00 bits per heavy atom. The van der Waals surface area contributed by atoms with Crippen LogP contribution in [-0.4, -0.2) is 24.6 Å². The largest absolute Gasteiger partial charge is 0.493 e. The lowest BCUT2D eigenvalue weighted by molar-refractivity contribution is -0.124. The fourth-order valence-corrected chi connectivity index (χ4v) is 3.24. The van der Waals surface area contributed by atoms with E-state index in [9.17, 15) is 4.79 Å². The van der Waals surface area contributed by atoms with Gasteiger partial charge in [0.1, 0.15) is 5.75 Å². The average molecular weight is 274 g/mol. The third-order valence-corrected chi connectivity index (χ3v) is 4.42. The van der Waals surface area contributed by atoms with E-state index in [4.69, 9.17) is 10.5 Å². The Hall–Kier alpha value is -1.55. The molecule has 0 spiro atoms. The van der Waals surface area contributed by atoms with Gasteiger partial charge in [-0.25, -0.2) is 0 Å². The SMILES string of the molecule is NC1CCCCC1NC(=O)C1CCOc2ccccc21. The summed E-state index contributed by atoms with van der Waals surface area (Å²) in [7, 11) is 0. The second-order valence-corrected chi connectivity index (χ2v) is 5.79. The highest BCUT2D eigenvalue weighted by Gasteiger charge is 2.30. The van der Waals surface area contributed by atoms with Crippen LogP contribution in [0.4, 0.5) is 0 Å². The first-order valence-corrected chi connectivity index (χ1v) is 7.53. The van der Waals surface area contributed by atoms with Gasteiger partial charge >= 0.3 is 0 Å². The van der Waals surface area contributed by atoms with Gasteiger partial charge in [0, 0.05) is 17.6 Å². The number of rotatable bonds is 2. The van der Waals surface area contributed by atoms with E-state index in [0.29, 0.717) is 6.61 Å². The van der Waals surface area contributed by atoms with Gasteiger partial charge in [0.2, 0.25) is 5.91 Å². The molecule has 1 aliphatic carbocycles. The fraction of sp³-hybridized carbons (Fsp3) is 0.562. The third kappa shape index (κ3) is 2.66. The van der Waals surface area contributed by atoms with E-state index in [1.807, 2.05) is 24.3 Å². The molecule has 108 valence electrons. The molecule has 1 saturated carbocycles. The predicted molar refractivity (Wildman–Crippen MR) is 77.7 cm³/mol. The van der Waals surface area contributed by atoms with Crippen molar-refractivity contribution < 1.29 is 9.53 Å². The van der Waals surface area contributed by atoms with Crippen molar-refractivity contribution in [3.05, 3.63) is 29.8 Å². The van der Waals surface area contributed by atoms with Gasteiger partial charge in [0.15, 0.2) is 0 Å². The van der Waals surface area contributed by atoms with Crippen LogP contribution in [0.15, 0.2) is 24.3 Å². The summed E-state index contributed by atoms with van der Waals surface area (Å²) in [4.78, 5) is 12.6. The van der Waals surface area contributed by atoms with Crippen LogP contribution in [0.25, 0.3) is 0 Å². The van der Waals surface area contributed by atoms with Crippen molar-refractivity contribution in [3.63, 3.8) is 0 Å². The summed E-state index contributed by atoms with van der Waals surface area (Å²) in [6.45, 7) is 0.603. The molecule has 3 atom stereocenters. The van der Waals surface area contributed by atoms with Crippen LogP contribution in [-0.2, 0) is 4.79 Å². The lowest BCUT2D eigenvalue weighted by Gasteiger charge is -2.32. The molecule has 1 fully saturated rings. The van der Waals surface area contributed by atoms with E-state index in [1.165, 1.54) is 6.42 Å². The minimum Gasteiger partial charge on any atom is -0.493 e. The number of ether oxygens (including phenoxy) is 1. The van der Waals surface area contributed by atoms with Gasteiger partial charge in [-0.2, -0.15) is 0 Å². The van der Waals surface area contributed by atoms with E-state index in [0.717, 1.165) is 37.0 Å². The highest BCUT2D eigenvalue weighted by atomic mass is 16.5. The molecule has 1 amide bonds. The summed E-state index contributed by atoms with van der Waals surface area (Å²) in [6.07, 6.45) is 5.08. The van der Waals surface area contributed by atoms with E-state index < -0.39 is 0 Å². The van der Waals surface area contributed by atoms with Crippen LogP contribution < -0.4 is 15.8 Å². The monoisotopic (exact) mass is 274 g/mol. The molecule has 1 heterocycles. The Morgan fingerprint density at radius 3 is 2.85 bits per heavy atom. The molecule has 4 heteroatoms. The minimum absolute atomic E-state index is 0.0998. The highest BCUT2D eigenvalue weighted by molar-refractivity contribution is 5.85. The van der Waals surface area contributed by atoms with Crippen LogP contribution in [0.2, 0.25) is 0 Å². The molecular formula is C16H22N2O2. The average Bonchev–Trinajstić information content (AvgIpc) is 2.49. The number of benzene rings is 1. The van der Waals surface area contributed by atoms with Crippen molar-refractivity contribution >= 4 is 5.91 Å². The van der Waals surface area contributed by atoms with Crippen molar-refractivity contribution in [3.8, 4) is 5.75 Å². The first kappa shape index (κ1) is 13.4. The van der Waals surface area contributed by atoms with Crippen molar-refractivity contribution in [1.29, 1.82) is 0 Å². The number of nitrogens with one attached hydrogen (secondary N) is 1. The first-order chi connectivity index (χ1) is 9.75. The van der Waals surface area contributed by atoms with Gasteiger partial charge in [0.05, 0.1) is 12.5 Å². The third-order valence-electron chi connectivity index (χ3n) is 4.42. The quantitative estimate of drug-likeness (QED) is 0.866. The standard InChI is InChI=1S/C16H22N2O2/c17-13-6-2-3-7-14(13)18-16(19)12-9-10-20-15-8-4-1-5-11(12)15/h1,4-5,8,12-14H,2-3,6-7,9-10,17H2,(H,18,19). The summed E-state index contributed by atoms with van der Waals surface area (Å²) in [5.41, 5.74) is 7.11. The second-order valence-electron chi connectivity index (χ2n) is 5.79. The van der Waals surface area contributed by atoms with E-state index >= 15 is 0 Å². The fourth-order valence-electron chi connectivity index (χ4n) is 3.24. The summed E-state index contributed by atoms with van der Waals surface area (Å²) >= 11 is 0. The van der Waals surface area contributed by atoms with E-state index in [-0.39, 0.29) is 23.9 Å². The van der Waals surface area contributed by atoms with Gasteiger partial charge in [-0.05, 0) is 25.3 Å². The van der Waals surface area contributed by atoms with Crippen molar-refractivity contribution in [1.82, 2.24) is 5.32 Å². The van der Waals surface area contributed by atoms with Gasteiger partial charge in [-0.1, -0.05) is 31.0 Å². The molecule has 1 aromatic carbocycles. The molecule has 20 heavy (non-hydrogen) atoms. The van der Waals surface area contributed by atoms with Crippen LogP contribution in [0.3, 0.4) is 0 Å². The number of amides is 1. The topological polar surface area (TPSA) is 64.3 Å². The molecule has 2 aliphatic rings. The normalized spacial score (nSPS) is 29.1. The second kappa shape index (κ2) is 5.83. The predicted octanol–water partition coefficient (Wildman–Crippen LogP) is 1.94. The number of carbonyl (C=O) groups is 1. The van der Waals surface area contributed by atoms with E-state index in [1.54, 1.807) is 0 Å². The Bertz CT molecular complexity index is 489. The van der Waals surface area contributed by atoms with Crippen LogP contribution in [0.5, 0.6) is 5.75 Å². The maximum absolute atomic E-state index is 12.6. The lowest BCUT2D eigenvalue weighted by atomic mass is 9.88. The smallest absolute Gasteiger partial charge is 0.228 e. The number of carbonyl (C=O) groups excluding carboxylic acids is 1. The number of para-hydroxylation sites is 1. The van der Waals surface area contributed by atoms with Gasteiger partial charge < -0.3 is 15.8 Å². The van der Waals surface area contributed by atoms with Crippen molar-refractivity contribution in [2.75, 3.05) is 6.61 Å². The van der Waals surface area contributed by atoms with Gasteiger partial charge in [-0.3, -0.25) is 4.79 Å². The van der Waals surface area contributed by atoms with Crippen LogP contribution in [0.1, 0.15) is 43.6 Å². The molecular weight excluding hydrogens is 252 g/mol. The number of nitrogens with two attached hydrogens (primary N) is 1. The minimum atomic E-state index is -0.103. The van der Waals surface area contributed by atoms with Gasteiger partial charge in [-0.15, -0.1) is 0 Å². The van der Waals surface area contributed by atoms with Crippen molar-refractivity contribution in [2.24, 2.45) is 5.73 Å². The molecule has 3 rings (SSSR count). The lowest BCUT2D eigenvalue weighted by Crippen LogP contribution is -2.50. The summed E-state index contributed by atoms with van der Waals surface area (Å²) in [5.74, 6) is 0.837. The summed E-state index contributed by atoms with van der Waals surface area (Å²) in [5, 5.41) is 3.16. The Kier molecular flexibility index (Phi) is 3.92. The zero-order chi connectivity index (χ0) is 13.9. The van der Waals surface area contributed by atoms with Crippen molar-refractivity contribution in [2.45, 2.75) is 50.1 Å². The Morgan fingerprint density at radius 1 is 1.20 bits per heavy atom. The van der Waals surface area contributed by atoms with Crippen LogP contribution >= 0.6 is 0 Å². The molecule has 3 N–H and O–H groups in total. The molecule has 1 aliphatic heterocycles. The highest BCUT2D eigenvalue weighted by Crippen LogP contribution is 2.33. The Balaban J connectivity index is 1.72. The summed E-state index contributed by atoms with van der Waals surface area (Å²) in [6, 6.07) is 8.05. The molecule has 0 bridgehead atoms. The molecule has 4 nitrogen and oxygen atoms in total. The number of hydrogen-bond donors (Lipinski definition) is 2. The molecule has 3 unspecified atom stereocenters. The zero-order valence-electron chi connectivity index (χ0n) is 11.7. The maximum Gasteiger partial charge on any atom is 0.228 e. The molecule has 1 aromatic rings. The zero-order valence-corrected chi connectivity index (χ0v) is 11.7. The van der Waals surface area contributed by atoms with Gasteiger partial charge in [0.25, 0.3) is 0 Å². The molecule has 0 aromatic heterocycles. The number of hydrogen-bond acceptors (Lipinski definition) is 3. The Labute approximate surface area is 119 Å². The summed E-state index contributed by atoms with van der Waals surface area (Å²) < 4.78 is 5.61. The van der Waals surface area contributed by atoms with Crippen LogP contribution in [0, 0.1) is 0 Å². The molecule has 0 radical (unpaired) electrons. The maximum atomic E-state index is 12.6. The first-order valence-electron chi connectivity index (χ1n) is 7.53. The van der Waals surface area contributed by atoms with E-state index in [2.05, 4.69) is 5.32 Å². The molecule has 0 saturated heterocycles.